The Morgan fingerprint density at radius 3 is 2.34 bits per heavy atom. The fourth-order valence-electron chi connectivity index (χ4n) is 8.42. The summed E-state index contributed by atoms with van der Waals surface area (Å²) in [6, 6.07) is 20.7. The Labute approximate surface area is 341 Å². The van der Waals surface area contributed by atoms with Gasteiger partial charge in [-0.2, -0.15) is 0 Å². The summed E-state index contributed by atoms with van der Waals surface area (Å²) in [5.74, 6) is 1.93. The maximum Gasteiger partial charge on any atom is 0.415 e. The number of nitrogens with one attached hydrogen (secondary N) is 1. The number of hydrogen-bond acceptors (Lipinski definition) is 11. The van der Waals surface area contributed by atoms with E-state index in [1.165, 1.54) is 16.8 Å². The van der Waals surface area contributed by atoms with Crippen molar-refractivity contribution in [2.45, 2.75) is 65.7 Å². The smallest absolute Gasteiger partial charge is 0.415 e. The molecule has 13 heteroatoms. The second-order valence-electron chi connectivity index (χ2n) is 16.8. The number of aromatic nitrogens is 2. The van der Waals surface area contributed by atoms with Gasteiger partial charge in [-0.1, -0.05) is 30.3 Å². The van der Waals surface area contributed by atoms with E-state index in [0.717, 1.165) is 86.9 Å². The number of benzene rings is 2. The maximum atomic E-state index is 13.2. The third-order valence-corrected chi connectivity index (χ3v) is 11.6. The van der Waals surface area contributed by atoms with Gasteiger partial charge in [-0.25, -0.2) is 19.6 Å². The minimum atomic E-state index is -0.603. The molecule has 2 aromatic carbocycles. The molecule has 0 aliphatic carbocycles. The summed E-state index contributed by atoms with van der Waals surface area (Å²) in [4.78, 5) is 46.0. The maximum absolute atomic E-state index is 13.2. The van der Waals surface area contributed by atoms with Crippen molar-refractivity contribution < 1.29 is 23.8 Å². The van der Waals surface area contributed by atoms with Crippen molar-refractivity contribution >= 4 is 40.8 Å². The number of piperidine rings is 1. The van der Waals surface area contributed by atoms with E-state index >= 15 is 0 Å². The molecular weight excluding hydrogens is 733 g/mol. The Morgan fingerprint density at radius 1 is 0.845 bits per heavy atom. The highest BCUT2D eigenvalue weighted by molar-refractivity contribution is 5.92. The van der Waals surface area contributed by atoms with Crippen molar-refractivity contribution in [2.24, 2.45) is 5.92 Å². The van der Waals surface area contributed by atoms with Crippen LogP contribution in [0.15, 0.2) is 73.1 Å². The van der Waals surface area contributed by atoms with E-state index in [9.17, 15) is 9.59 Å². The van der Waals surface area contributed by atoms with Crippen LogP contribution in [0.2, 0.25) is 0 Å². The molecule has 2 fully saturated rings. The average molecular weight is 789 g/mol. The van der Waals surface area contributed by atoms with Crippen LogP contribution in [0.25, 0.3) is 0 Å². The Balaban J connectivity index is 0.815. The van der Waals surface area contributed by atoms with Crippen LogP contribution in [-0.4, -0.2) is 103 Å². The first-order chi connectivity index (χ1) is 28.1. The fourth-order valence-corrected chi connectivity index (χ4v) is 8.42. The SMILES string of the molecule is Cc1c(N2CCc3cnc(Nc4ccc(N5CCC(CN6CCN(C(=O)OCc7ccccc7)CC6)CC5)cc4)cc3C2)cnc2c1N(C(=O)OC(C)(C)C)CCO2. The van der Waals surface area contributed by atoms with Crippen molar-refractivity contribution in [3.8, 4) is 5.88 Å². The number of nitrogens with zero attached hydrogens (tertiary/aromatic N) is 7. The number of pyridine rings is 2. The lowest BCUT2D eigenvalue weighted by Gasteiger charge is -2.39. The Hall–Kier alpha value is -5.56. The minimum absolute atomic E-state index is 0.217. The summed E-state index contributed by atoms with van der Waals surface area (Å²) >= 11 is 0. The van der Waals surface area contributed by atoms with Crippen molar-refractivity contribution in [1.29, 1.82) is 0 Å². The number of anilines is 5. The van der Waals surface area contributed by atoms with Gasteiger partial charge in [-0.05, 0) is 99.9 Å². The molecule has 0 unspecified atom stereocenters. The average Bonchev–Trinajstić information content (AvgIpc) is 3.23. The monoisotopic (exact) mass is 788 g/mol. The van der Waals surface area contributed by atoms with Gasteiger partial charge < -0.3 is 34.2 Å². The van der Waals surface area contributed by atoms with E-state index < -0.39 is 5.60 Å². The van der Waals surface area contributed by atoms with Gasteiger partial charge in [-0.3, -0.25) is 9.80 Å². The van der Waals surface area contributed by atoms with E-state index in [1.807, 2.05) is 75.3 Å². The van der Waals surface area contributed by atoms with E-state index in [1.54, 1.807) is 4.90 Å². The predicted octanol–water partition coefficient (Wildman–Crippen LogP) is 7.40. The number of piperazine rings is 1. The third kappa shape index (κ3) is 9.25. The third-order valence-electron chi connectivity index (χ3n) is 11.6. The van der Waals surface area contributed by atoms with Gasteiger partial charge in [0.1, 0.15) is 30.3 Å². The lowest BCUT2D eigenvalue weighted by Crippen LogP contribution is -2.50. The van der Waals surface area contributed by atoms with Crippen LogP contribution in [-0.2, 0) is 29.0 Å². The molecule has 0 spiro atoms. The largest absolute Gasteiger partial charge is 0.474 e. The van der Waals surface area contributed by atoms with Crippen molar-refractivity contribution in [3.05, 3.63) is 95.3 Å². The molecule has 8 rings (SSSR count). The molecule has 6 heterocycles. The highest BCUT2D eigenvalue weighted by atomic mass is 16.6. The first kappa shape index (κ1) is 39.3. The zero-order valence-electron chi connectivity index (χ0n) is 34.3. The fraction of sp³-hybridized carbons (Fsp3) is 0.467. The molecule has 2 saturated heterocycles. The van der Waals surface area contributed by atoms with Crippen LogP contribution >= 0.6 is 0 Å². The highest BCUT2D eigenvalue weighted by Crippen LogP contribution is 2.40. The highest BCUT2D eigenvalue weighted by Gasteiger charge is 2.33. The standard InChI is InChI=1S/C45H56N8O5/c1-32-39(28-47-42-41(32)53(24-25-56-42)44(55)58-45(2,3)4)52-19-16-35-27-46-40(26-36(35)30-52)48-37-10-12-38(13-11-37)50-17-14-33(15-18-50)29-49-20-22-51(23-21-49)43(54)57-31-34-8-6-5-7-9-34/h5-13,26-28,33H,14-25,29-31H2,1-4H3,(H,46,48). The number of ether oxygens (including phenoxy) is 3. The van der Waals surface area contributed by atoms with Crippen LogP contribution < -0.4 is 24.8 Å². The van der Waals surface area contributed by atoms with Gasteiger partial charge in [0.15, 0.2) is 0 Å². The summed E-state index contributed by atoms with van der Waals surface area (Å²) in [6.45, 7) is 16.7. The van der Waals surface area contributed by atoms with Gasteiger partial charge in [-0.15, -0.1) is 0 Å². The minimum Gasteiger partial charge on any atom is -0.474 e. The molecule has 1 N–H and O–H groups in total. The van der Waals surface area contributed by atoms with Crippen LogP contribution in [0, 0.1) is 12.8 Å². The van der Waals surface area contributed by atoms with Gasteiger partial charge >= 0.3 is 12.2 Å². The molecular formula is C45H56N8O5. The Bertz CT molecular complexity index is 2060. The van der Waals surface area contributed by atoms with Crippen LogP contribution in [0.1, 0.15) is 55.9 Å². The summed E-state index contributed by atoms with van der Waals surface area (Å²) in [5, 5.41) is 3.53. The molecule has 0 saturated carbocycles. The number of carbonyl (C=O) groups excluding carboxylic acids is 2. The predicted molar refractivity (Wildman–Crippen MR) is 226 cm³/mol. The first-order valence-corrected chi connectivity index (χ1v) is 20.7. The lowest BCUT2D eigenvalue weighted by molar-refractivity contribution is 0.0566. The quantitative estimate of drug-likeness (QED) is 0.193. The first-order valence-electron chi connectivity index (χ1n) is 20.7. The van der Waals surface area contributed by atoms with Crippen LogP contribution in [0.4, 0.5) is 38.2 Å². The van der Waals surface area contributed by atoms with Gasteiger partial charge in [0.25, 0.3) is 0 Å². The molecule has 58 heavy (non-hydrogen) atoms. The van der Waals surface area contributed by atoms with Crippen molar-refractivity contribution in [1.82, 2.24) is 19.8 Å². The van der Waals surface area contributed by atoms with Crippen molar-refractivity contribution in [3.63, 3.8) is 0 Å². The topological polar surface area (TPSA) is 116 Å². The molecule has 2 aromatic heterocycles. The molecule has 4 aromatic rings. The summed E-state index contributed by atoms with van der Waals surface area (Å²) in [7, 11) is 0. The Kier molecular flexibility index (Phi) is 11.6. The number of hydrogen-bond donors (Lipinski definition) is 1. The van der Waals surface area contributed by atoms with Gasteiger partial charge in [0, 0.05) is 82.0 Å². The molecule has 13 nitrogen and oxygen atoms in total. The van der Waals surface area contributed by atoms with Crippen molar-refractivity contribution in [2.75, 3.05) is 85.5 Å². The molecule has 2 amide bonds. The molecule has 4 aliphatic rings. The second-order valence-corrected chi connectivity index (χ2v) is 16.8. The zero-order chi connectivity index (χ0) is 40.2. The van der Waals surface area contributed by atoms with Gasteiger partial charge in [0.2, 0.25) is 5.88 Å². The summed E-state index contributed by atoms with van der Waals surface area (Å²) in [6.07, 6.45) is 6.43. The molecule has 0 atom stereocenters. The number of rotatable bonds is 8. The molecule has 0 bridgehead atoms. The van der Waals surface area contributed by atoms with E-state index in [0.29, 0.717) is 56.9 Å². The van der Waals surface area contributed by atoms with E-state index in [-0.39, 0.29) is 12.2 Å². The molecule has 4 aliphatic heterocycles. The van der Waals surface area contributed by atoms with E-state index in [4.69, 9.17) is 19.2 Å². The molecule has 0 radical (unpaired) electrons. The zero-order valence-corrected chi connectivity index (χ0v) is 34.3. The lowest BCUT2D eigenvalue weighted by atomic mass is 9.95. The number of carbonyl (C=O) groups is 2. The summed E-state index contributed by atoms with van der Waals surface area (Å²) in [5.41, 5.74) is 7.70. The second kappa shape index (κ2) is 17.1. The normalized spacial score (nSPS) is 17.6. The van der Waals surface area contributed by atoms with Gasteiger partial charge in [0.05, 0.1) is 18.4 Å². The van der Waals surface area contributed by atoms with Crippen LogP contribution in [0.5, 0.6) is 5.88 Å². The number of amides is 2. The Morgan fingerprint density at radius 2 is 1.60 bits per heavy atom. The number of fused-ring (bicyclic) bond motifs is 2. The van der Waals surface area contributed by atoms with E-state index in [2.05, 4.69) is 55.3 Å². The summed E-state index contributed by atoms with van der Waals surface area (Å²) < 4.78 is 17.1. The van der Waals surface area contributed by atoms with Crippen LogP contribution in [0.3, 0.4) is 0 Å². The molecule has 306 valence electrons.